The van der Waals surface area contributed by atoms with E-state index in [0.717, 1.165) is 16.3 Å². The van der Waals surface area contributed by atoms with Crippen LogP contribution in [0.5, 0.6) is 5.75 Å². The second-order valence-corrected chi connectivity index (χ2v) is 7.68. The first-order valence-electron chi connectivity index (χ1n) is 9.58. The number of carbonyl (C=O) groups excluding carboxylic acids is 1. The van der Waals surface area contributed by atoms with E-state index >= 15 is 0 Å². The Morgan fingerprint density at radius 2 is 1.65 bits per heavy atom. The van der Waals surface area contributed by atoms with Gasteiger partial charge in [0.2, 0.25) is 0 Å². The fraction of sp³-hybridized carbons (Fsp3) is 0.0400. The minimum absolute atomic E-state index is 0.318. The van der Waals surface area contributed by atoms with E-state index in [0.29, 0.717) is 33.5 Å². The first-order chi connectivity index (χ1) is 15.1. The van der Waals surface area contributed by atoms with Crippen LogP contribution in [0, 0.1) is 0 Å². The Labute approximate surface area is 190 Å². The molecule has 0 radical (unpaired) electrons. The van der Waals surface area contributed by atoms with Crippen LogP contribution in [0.4, 0.5) is 0 Å². The second-order valence-electron chi connectivity index (χ2n) is 6.84. The van der Waals surface area contributed by atoms with Gasteiger partial charge in [-0.05, 0) is 40.6 Å². The maximum Gasteiger partial charge on any atom is 0.271 e. The molecule has 0 bridgehead atoms. The van der Waals surface area contributed by atoms with Crippen LogP contribution in [0.2, 0.25) is 10.0 Å². The van der Waals surface area contributed by atoms with Crippen molar-refractivity contribution >= 4 is 46.1 Å². The van der Waals surface area contributed by atoms with Gasteiger partial charge in [-0.2, -0.15) is 5.10 Å². The predicted molar refractivity (Wildman–Crippen MR) is 126 cm³/mol. The van der Waals surface area contributed by atoms with E-state index in [9.17, 15) is 4.79 Å². The van der Waals surface area contributed by atoms with Crippen molar-refractivity contribution in [2.75, 3.05) is 0 Å². The molecule has 0 aliphatic rings. The lowest BCUT2D eigenvalue weighted by Gasteiger charge is -2.12. The van der Waals surface area contributed by atoms with E-state index in [4.69, 9.17) is 27.9 Å². The standard InChI is InChI=1S/C25H18Cl2N2O2/c26-22-13-21(24(23(27)14-22)31-16-17-6-2-1-3-7-17)15-28-29-25(30)20-11-10-18-8-4-5-9-19(18)12-20/h1-15H,16H2,(H,29,30)/b28-15-. The normalized spacial score (nSPS) is 11.0. The molecule has 4 aromatic carbocycles. The van der Waals surface area contributed by atoms with E-state index in [1.807, 2.05) is 66.7 Å². The average Bonchev–Trinajstić information content (AvgIpc) is 2.78. The number of amides is 1. The smallest absolute Gasteiger partial charge is 0.271 e. The third-order valence-corrected chi connectivity index (χ3v) is 5.14. The van der Waals surface area contributed by atoms with Gasteiger partial charge >= 0.3 is 0 Å². The van der Waals surface area contributed by atoms with Crippen LogP contribution in [0.3, 0.4) is 0 Å². The molecule has 0 aliphatic carbocycles. The van der Waals surface area contributed by atoms with Crippen molar-refractivity contribution in [3.8, 4) is 5.75 Å². The average molecular weight is 449 g/mol. The molecule has 4 aromatic rings. The van der Waals surface area contributed by atoms with Crippen LogP contribution in [0.25, 0.3) is 10.8 Å². The van der Waals surface area contributed by atoms with Crippen LogP contribution in [-0.4, -0.2) is 12.1 Å². The summed E-state index contributed by atoms with van der Waals surface area (Å²) < 4.78 is 5.90. The quantitative estimate of drug-likeness (QED) is 0.270. The number of nitrogens with one attached hydrogen (secondary N) is 1. The van der Waals surface area contributed by atoms with Gasteiger partial charge in [-0.3, -0.25) is 4.79 Å². The van der Waals surface area contributed by atoms with Crippen LogP contribution < -0.4 is 10.2 Å². The monoisotopic (exact) mass is 448 g/mol. The first-order valence-corrected chi connectivity index (χ1v) is 10.3. The predicted octanol–water partition coefficient (Wildman–Crippen LogP) is 6.49. The van der Waals surface area contributed by atoms with Crippen molar-refractivity contribution < 1.29 is 9.53 Å². The van der Waals surface area contributed by atoms with E-state index in [1.165, 1.54) is 6.21 Å². The summed E-state index contributed by atoms with van der Waals surface area (Å²) in [4.78, 5) is 12.5. The molecule has 1 amide bonds. The van der Waals surface area contributed by atoms with Gasteiger partial charge in [-0.15, -0.1) is 0 Å². The second kappa shape index (κ2) is 9.65. The van der Waals surface area contributed by atoms with E-state index in [-0.39, 0.29) is 5.91 Å². The first kappa shape index (κ1) is 20.9. The fourth-order valence-electron chi connectivity index (χ4n) is 3.11. The van der Waals surface area contributed by atoms with Crippen molar-refractivity contribution in [3.63, 3.8) is 0 Å². The number of hydrazone groups is 1. The Morgan fingerprint density at radius 1 is 0.903 bits per heavy atom. The third kappa shape index (κ3) is 5.23. The molecule has 4 nitrogen and oxygen atoms in total. The minimum atomic E-state index is -0.318. The van der Waals surface area contributed by atoms with Crippen LogP contribution >= 0.6 is 23.2 Å². The number of nitrogens with zero attached hydrogens (tertiary/aromatic N) is 1. The summed E-state index contributed by atoms with van der Waals surface area (Å²) in [5.74, 6) is 0.125. The summed E-state index contributed by atoms with van der Waals surface area (Å²) >= 11 is 12.5. The van der Waals surface area contributed by atoms with E-state index in [2.05, 4.69) is 10.5 Å². The summed E-state index contributed by atoms with van der Waals surface area (Å²) in [5.41, 5.74) is 4.62. The SMILES string of the molecule is O=C(N/N=C\c1cc(Cl)cc(Cl)c1OCc1ccccc1)c1ccc2ccccc2c1. The van der Waals surface area contributed by atoms with Gasteiger partial charge in [0.05, 0.1) is 11.2 Å². The highest BCUT2D eigenvalue weighted by molar-refractivity contribution is 6.36. The molecule has 0 aromatic heterocycles. The van der Waals surface area contributed by atoms with Gasteiger partial charge in [-0.25, -0.2) is 5.43 Å². The number of hydrogen-bond acceptors (Lipinski definition) is 3. The highest BCUT2D eigenvalue weighted by Crippen LogP contribution is 2.32. The molecule has 0 saturated heterocycles. The summed E-state index contributed by atoms with van der Waals surface area (Å²) in [6, 6.07) is 26.4. The fourth-order valence-corrected chi connectivity index (χ4v) is 3.68. The molecule has 4 rings (SSSR count). The summed E-state index contributed by atoms with van der Waals surface area (Å²) in [6.45, 7) is 0.340. The molecule has 0 spiro atoms. The van der Waals surface area contributed by atoms with Crippen molar-refractivity contribution in [2.24, 2.45) is 5.10 Å². The van der Waals surface area contributed by atoms with Gasteiger partial charge in [0.15, 0.2) is 0 Å². The molecule has 6 heteroatoms. The number of rotatable bonds is 6. The Kier molecular flexibility index (Phi) is 6.51. The lowest BCUT2D eigenvalue weighted by molar-refractivity contribution is 0.0955. The zero-order valence-electron chi connectivity index (χ0n) is 16.4. The molecule has 0 unspecified atom stereocenters. The Bertz CT molecular complexity index is 1260. The number of ether oxygens (including phenoxy) is 1. The van der Waals surface area contributed by atoms with E-state index in [1.54, 1.807) is 18.2 Å². The topological polar surface area (TPSA) is 50.7 Å². The van der Waals surface area contributed by atoms with Crippen molar-refractivity contribution in [1.82, 2.24) is 5.43 Å². The summed E-state index contributed by atoms with van der Waals surface area (Å²) in [6.07, 6.45) is 1.47. The number of fused-ring (bicyclic) bond motifs is 1. The molecule has 1 N–H and O–H groups in total. The molecule has 0 fully saturated rings. The van der Waals surface area contributed by atoms with Crippen molar-refractivity contribution in [2.45, 2.75) is 6.61 Å². The van der Waals surface area contributed by atoms with Gasteiger partial charge in [0.1, 0.15) is 12.4 Å². The highest BCUT2D eigenvalue weighted by Gasteiger charge is 2.11. The number of benzene rings is 4. The highest BCUT2D eigenvalue weighted by atomic mass is 35.5. The lowest BCUT2D eigenvalue weighted by Crippen LogP contribution is -2.17. The van der Waals surface area contributed by atoms with Crippen LogP contribution in [0.15, 0.2) is 90.0 Å². The molecule has 31 heavy (non-hydrogen) atoms. The Morgan fingerprint density at radius 3 is 2.45 bits per heavy atom. The summed E-state index contributed by atoms with van der Waals surface area (Å²) in [5, 5.41) is 6.93. The minimum Gasteiger partial charge on any atom is -0.487 e. The molecule has 0 heterocycles. The summed E-state index contributed by atoms with van der Waals surface area (Å²) in [7, 11) is 0. The maximum absolute atomic E-state index is 12.5. The van der Waals surface area contributed by atoms with E-state index < -0.39 is 0 Å². The molecule has 154 valence electrons. The zero-order valence-corrected chi connectivity index (χ0v) is 17.9. The van der Waals surface area contributed by atoms with Crippen molar-refractivity contribution in [1.29, 1.82) is 0 Å². The number of hydrogen-bond donors (Lipinski definition) is 1. The van der Waals surface area contributed by atoms with Crippen LogP contribution in [0.1, 0.15) is 21.5 Å². The Balaban J connectivity index is 1.50. The molecular weight excluding hydrogens is 431 g/mol. The number of carbonyl (C=O) groups is 1. The molecule has 0 atom stereocenters. The molecule has 0 aliphatic heterocycles. The molecule has 0 saturated carbocycles. The maximum atomic E-state index is 12.5. The third-order valence-electron chi connectivity index (χ3n) is 4.64. The van der Waals surface area contributed by atoms with Gasteiger partial charge in [0.25, 0.3) is 5.91 Å². The van der Waals surface area contributed by atoms with Crippen LogP contribution in [-0.2, 0) is 6.61 Å². The number of halogens is 2. The zero-order chi connectivity index (χ0) is 21.6. The van der Waals surface area contributed by atoms with Gasteiger partial charge in [0, 0.05) is 16.1 Å². The van der Waals surface area contributed by atoms with Crippen molar-refractivity contribution in [3.05, 3.63) is 112 Å². The van der Waals surface area contributed by atoms with Gasteiger partial charge in [-0.1, -0.05) is 83.9 Å². The molecular formula is C25H18Cl2N2O2. The Hall–Kier alpha value is -3.34. The van der Waals surface area contributed by atoms with Gasteiger partial charge < -0.3 is 4.74 Å². The largest absolute Gasteiger partial charge is 0.487 e. The lowest BCUT2D eigenvalue weighted by atomic mass is 10.1.